The summed E-state index contributed by atoms with van der Waals surface area (Å²) >= 11 is 1.63. The topological polar surface area (TPSA) is 86.2 Å². The fraction of sp³-hybridized carbons (Fsp3) is 0.500. The molecule has 6 rings (SSSR count). The molecule has 0 spiro atoms. The second-order valence-corrected chi connectivity index (χ2v) is 13.7. The number of aryl methyl sites for hydroxylation is 2. The van der Waals surface area contributed by atoms with E-state index in [1.54, 1.807) is 11.3 Å². The molecule has 3 heterocycles. The third-order valence-corrected chi connectivity index (χ3v) is 10.3. The van der Waals surface area contributed by atoms with E-state index >= 15 is 0 Å². The molecule has 1 N–H and O–H groups in total. The number of aliphatic carboxylic acids is 1. The molecule has 0 radical (unpaired) electrons. The number of hydrogen-bond acceptors (Lipinski definition) is 7. The van der Waals surface area contributed by atoms with Crippen LogP contribution in [0.25, 0.3) is 11.3 Å². The molecule has 2 saturated heterocycles. The van der Waals surface area contributed by atoms with Crippen molar-refractivity contribution in [2.75, 3.05) is 37.6 Å². The summed E-state index contributed by atoms with van der Waals surface area (Å²) in [4.78, 5) is 35.8. The summed E-state index contributed by atoms with van der Waals surface area (Å²) in [6, 6.07) is 13.0. The quantitative estimate of drug-likeness (QED) is 0.341. The number of piperidine rings is 1. The first-order chi connectivity index (χ1) is 20.7. The Morgan fingerprint density at radius 1 is 1.09 bits per heavy atom. The van der Waals surface area contributed by atoms with Gasteiger partial charge in [0.05, 0.1) is 18.2 Å². The smallest absolute Gasteiger partial charge is 0.307 e. The van der Waals surface area contributed by atoms with E-state index in [2.05, 4.69) is 73.2 Å². The van der Waals surface area contributed by atoms with Gasteiger partial charge in [-0.25, -0.2) is 4.98 Å². The number of carboxylic acids is 1. The van der Waals surface area contributed by atoms with Crippen molar-refractivity contribution in [3.63, 3.8) is 0 Å². The Kier molecular flexibility index (Phi) is 8.47. The highest BCUT2D eigenvalue weighted by Crippen LogP contribution is 2.44. The molecule has 2 bridgehead atoms. The molecule has 43 heavy (non-hydrogen) atoms. The predicted molar refractivity (Wildman–Crippen MR) is 169 cm³/mol. The molecule has 1 aromatic heterocycles. The summed E-state index contributed by atoms with van der Waals surface area (Å²) < 4.78 is 6.42. The Labute approximate surface area is 258 Å². The highest BCUT2D eigenvalue weighted by Gasteiger charge is 2.46. The number of carbonyl (C=O) groups excluding carboxylic acids is 1. The molecule has 1 aliphatic carbocycles. The largest absolute Gasteiger partial charge is 0.488 e. The van der Waals surface area contributed by atoms with Crippen LogP contribution < -0.4 is 9.64 Å². The standard InChI is InChI=1S/C34H42N4O4S/c1-21(2)38-12-11-36(18-31(38)39)15-24-6-7-27(23(4)14-24)19-42-30-10-5-22(3)13-28(30)29-20-43-34(35-29)37-16-25-8-9-26(17-37)32(25)33(40)41/h5-7,10,13-14,20-21,25-26,32H,8-9,11-12,15-19H2,1-4H3,(H,40,41). The lowest BCUT2D eigenvalue weighted by Gasteiger charge is -2.36. The van der Waals surface area contributed by atoms with Crippen molar-refractivity contribution in [1.29, 1.82) is 0 Å². The summed E-state index contributed by atoms with van der Waals surface area (Å²) in [6.07, 6.45) is 1.98. The molecule has 2 atom stereocenters. The molecule has 1 amide bonds. The number of ether oxygens (including phenoxy) is 1. The average Bonchev–Trinajstić information content (AvgIpc) is 3.56. The van der Waals surface area contributed by atoms with Crippen LogP contribution in [0, 0.1) is 31.6 Å². The van der Waals surface area contributed by atoms with Gasteiger partial charge in [0, 0.05) is 49.7 Å². The van der Waals surface area contributed by atoms with Gasteiger partial charge in [0.15, 0.2) is 5.13 Å². The van der Waals surface area contributed by atoms with E-state index in [0.29, 0.717) is 13.2 Å². The third kappa shape index (κ3) is 6.29. The lowest BCUT2D eigenvalue weighted by atomic mass is 9.85. The van der Waals surface area contributed by atoms with Crippen molar-refractivity contribution in [2.45, 2.75) is 59.7 Å². The second kappa shape index (κ2) is 12.3. The molecule has 1 saturated carbocycles. The SMILES string of the molecule is Cc1ccc(OCc2ccc(CN3CCN(C(C)C)C(=O)C3)cc2C)c(-c2csc(N3CC4CCC(C3)C4C(=O)O)n2)c1. The fourth-order valence-electron chi connectivity index (χ4n) is 7.13. The maximum Gasteiger partial charge on any atom is 0.307 e. The van der Waals surface area contributed by atoms with Crippen LogP contribution in [0.1, 0.15) is 48.9 Å². The maximum absolute atomic E-state index is 12.5. The number of anilines is 1. The van der Waals surface area contributed by atoms with Gasteiger partial charge in [0.2, 0.25) is 5.91 Å². The number of piperazine rings is 1. The molecule has 228 valence electrons. The van der Waals surface area contributed by atoms with Gasteiger partial charge in [0.25, 0.3) is 0 Å². The number of carboxylic acid groups (broad SMARTS) is 1. The lowest BCUT2D eigenvalue weighted by Crippen LogP contribution is -2.52. The first-order valence-corrected chi connectivity index (χ1v) is 16.3. The fourth-order valence-corrected chi connectivity index (χ4v) is 7.98. The first kappa shape index (κ1) is 29.6. The first-order valence-electron chi connectivity index (χ1n) is 15.4. The summed E-state index contributed by atoms with van der Waals surface area (Å²) in [5.41, 5.74) is 6.53. The van der Waals surface area contributed by atoms with Crippen LogP contribution in [0.3, 0.4) is 0 Å². The highest BCUT2D eigenvalue weighted by atomic mass is 32.1. The third-order valence-electron chi connectivity index (χ3n) is 9.45. The van der Waals surface area contributed by atoms with Gasteiger partial charge in [0.1, 0.15) is 12.4 Å². The van der Waals surface area contributed by atoms with Gasteiger partial charge in [-0.15, -0.1) is 11.3 Å². The Morgan fingerprint density at radius 2 is 1.86 bits per heavy atom. The number of carbonyl (C=O) groups is 2. The van der Waals surface area contributed by atoms with Crippen LogP contribution in [0.5, 0.6) is 5.75 Å². The molecule has 3 fully saturated rings. The van der Waals surface area contributed by atoms with E-state index in [0.717, 1.165) is 78.8 Å². The van der Waals surface area contributed by atoms with E-state index in [4.69, 9.17) is 9.72 Å². The number of thiazole rings is 1. The Bertz CT molecular complexity index is 1490. The van der Waals surface area contributed by atoms with Crippen molar-refractivity contribution in [2.24, 2.45) is 17.8 Å². The van der Waals surface area contributed by atoms with E-state index in [1.807, 2.05) is 11.0 Å². The van der Waals surface area contributed by atoms with Crippen LogP contribution in [-0.4, -0.2) is 70.5 Å². The highest BCUT2D eigenvalue weighted by molar-refractivity contribution is 7.14. The molecule has 8 nitrogen and oxygen atoms in total. The van der Waals surface area contributed by atoms with Crippen molar-refractivity contribution >= 4 is 28.3 Å². The van der Waals surface area contributed by atoms with Crippen LogP contribution in [-0.2, 0) is 22.7 Å². The van der Waals surface area contributed by atoms with Crippen molar-refractivity contribution in [3.05, 3.63) is 64.0 Å². The van der Waals surface area contributed by atoms with Gasteiger partial charge in [-0.3, -0.25) is 14.5 Å². The number of rotatable bonds is 9. The molecular formula is C34H42N4O4S. The van der Waals surface area contributed by atoms with E-state index < -0.39 is 5.97 Å². The molecule has 2 aromatic carbocycles. The van der Waals surface area contributed by atoms with Crippen LogP contribution in [0.4, 0.5) is 5.13 Å². The van der Waals surface area contributed by atoms with Crippen molar-refractivity contribution in [3.8, 4) is 17.0 Å². The zero-order chi connectivity index (χ0) is 30.2. The summed E-state index contributed by atoms with van der Waals surface area (Å²) in [5, 5.41) is 12.7. The lowest BCUT2D eigenvalue weighted by molar-refractivity contribution is -0.145. The molecule has 3 aliphatic rings. The molecule has 3 aromatic rings. The number of benzene rings is 2. The number of aromatic nitrogens is 1. The normalized spacial score (nSPS) is 22.4. The average molecular weight is 603 g/mol. The monoisotopic (exact) mass is 602 g/mol. The van der Waals surface area contributed by atoms with Gasteiger partial charge >= 0.3 is 5.97 Å². The summed E-state index contributed by atoms with van der Waals surface area (Å²) in [6.45, 7) is 13.2. The van der Waals surface area contributed by atoms with Crippen molar-refractivity contribution in [1.82, 2.24) is 14.8 Å². The molecule has 2 aliphatic heterocycles. The van der Waals surface area contributed by atoms with Gasteiger partial charge in [-0.2, -0.15) is 0 Å². The molecule has 9 heteroatoms. The summed E-state index contributed by atoms with van der Waals surface area (Å²) in [5.74, 6) is 0.558. The number of amides is 1. The Morgan fingerprint density at radius 3 is 2.53 bits per heavy atom. The number of hydrogen-bond donors (Lipinski definition) is 1. The van der Waals surface area contributed by atoms with Crippen LogP contribution in [0.2, 0.25) is 0 Å². The minimum atomic E-state index is -0.643. The predicted octanol–water partition coefficient (Wildman–Crippen LogP) is 5.61. The van der Waals surface area contributed by atoms with Crippen LogP contribution >= 0.6 is 11.3 Å². The molecular weight excluding hydrogens is 560 g/mol. The van der Waals surface area contributed by atoms with Gasteiger partial charge in [-0.1, -0.05) is 29.8 Å². The minimum Gasteiger partial charge on any atom is -0.488 e. The van der Waals surface area contributed by atoms with Crippen LogP contribution in [0.15, 0.2) is 41.8 Å². The van der Waals surface area contributed by atoms with Gasteiger partial charge in [-0.05, 0) is 81.2 Å². The Hall–Kier alpha value is -3.43. The minimum absolute atomic E-state index is 0.202. The summed E-state index contributed by atoms with van der Waals surface area (Å²) in [7, 11) is 0. The second-order valence-electron chi connectivity index (χ2n) is 12.8. The Balaban J connectivity index is 1.11. The van der Waals surface area contributed by atoms with Crippen molar-refractivity contribution < 1.29 is 19.4 Å². The molecule has 2 unspecified atom stereocenters. The van der Waals surface area contributed by atoms with Gasteiger partial charge < -0.3 is 19.6 Å². The van der Waals surface area contributed by atoms with E-state index in [1.165, 1.54) is 11.1 Å². The van der Waals surface area contributed by atoms with E-state index in [-0.39, 0.29) is 29.7 Å². The maximum atomic E-state index is 12.5. The number of nitrogens with zero attached hydrogens (tertiary/aromatic N) is 4. The zero-order valence-electron chi connectivity index (χ0n) is 25.6. The zero-order valence-corrected chi connectivity index (χ0v) is 26.4. The van der Waals surface area contributed by atoms with E-state index in [9.17, 15) is 14.7 Å². The number of fused-ring (bicyclic) bond motifs is 2.